The second kappa shape index (κ2) is 4.78. The van der Waals surface area contributed by atoms with Crippen LogP contribution in [0.15, 0.2) is 12.1 Å². The first kappa shape index (κ1) is 12.0. The molecule has 1 aromatic rings. The van der Waals surface area contributed by atoms with Crippen LogP contribution < -0.4 is 10.1 Å². The Labute approximate surface area is 102 Å². The zero-order chi connectivity index (χ0) is 12.4. The number of methoxy groups -OCH3 is 1. The lowest BCUT2D eigenvalue weighted by Crippen LogP contribution is -2.28. The quantitative estimate of drug-likeness (QED) is 0.871. The minimum absolute atomic E-state index is 0.156. The summed E-state index contributed by atoms with van der Waals surface area (Å²) >= 11 is 0. The van der Waals surface area contributed by atoms with Crippen LogP contribution in [0.5, 0.6) is 5.75 Å². The molecule has 0 heterocycles. The maximum Gasteiger partial charge on any atom is 0.227 e. The topological polar surface area (TPSA) is 38.3 Å². The van der Waals surface area contributed by atoms with Crippen LogP contribution in [0.1, 0.15) is 30.4 Å². The van der Waals surface area contributed by atoms with E-state index in [1.807, 2.05) is 26.0 Å². The summed E-state index contributed by atoms with van der Waals surface area (Å²) in [5.41, 5.74) is 2.99. The van der Waals surface area contributed by atoms with Gasteiger partial charge in [-0.2, -0.15) is 0 Å². The van der Waals surface area contributed by atoms with Crippen molar-refractivity contribution in [2.45, 2.75) is 33.1 Å². The molecule has 2 rings (SSSR count). The Morgan fingerprint density at radius 1 is 1.29 bits per heavy atom. The number of ether oxygens (including phenoxy) is 1. The van der Waals surface area contributed by atoms with E-state index in [4.69, 9.17) is 4.74 Å². The highest BCUT2D eigenvalue weighted by molar-refractivity contribution is 5.93. The number of hydrogen-bond acceptors (Lipinski definition) is 2. The maximum atomic E-state index is 11.9. The van der Waals surface area contributed by atoms with Crippen LogP contribution in [0.4, 0.5) is 5.69 Å². The number of rotatable bonds is 3. The summed E-state index contributed by atoms with van der Waals surface area (Å²) in [4.78, 5) is 11.9. The lowest BCUT2D eigenvalue weighted by Gasteiger charge is -2.24. The number of carbonyl (C=O) groups is 1. The van der Waals surface area contributed by atoms with E-state index < -0.39 is 0 Å². The van der Waals surface area contributed by atoms with Gasteiger partial charge in [-0.3, -0.25) is 4.79 Å². The highest BCUT2D eigenvalue weighted by Crippen LogP contribution is 2.30. The van der Waals surface area contributed by atoms with Crippen LogP contribution in [0.25, 0.3) is 0 Å². The van der Waals surface area contributed by atoms with Gasteiger partial charge in [0.2, 0.25) is 5.91 Å². The fourth-order valence-electron chi connectivity index (χ4n) is 2.05. The van der Waals surface area contributed by atoms with Gasteiger partial charge in [0, 0.05) is 11.6 Å². The van der Waals surface area contributed by atoms with Gasteiger partial charge in [-0.15, -0.1) is 0 Å². The Balaban J connectivity index is 2.15. The predicted molar refractivity (Wildman–Crippen MR) is 68.4 cm³/mol. The van der Waals surface area contributed by atoms with Gasteiger partial charge in [0.15, 0.2) is 0 Å². The second-order valence-electron chi connectivity index (χ2n) is 4.75. The molecular formula is C14H19NO2. The lowest BCUT2D eigenvalue weighted by molar-refractivity contribution is -0.122. The van der Waals surface area contributed by atoms with E-state index >= 15 is 0 Å². The summed E-state index contributed by atoms with van der Waals surface area (Å²) in [7, 11) is 1.66. The third-order valence-corrected chi connectivity index (χ3v) is 3.48. The average molecular weight is 233 g/mol. The highest BCUT2D eigenvalue weighted by atomic mass is 16.5. The van der Waals surface area contributed by atoms with Crippen molar-refractivity contribution >= 4 is 11.6 Å². The maximum absolute atomic E-state index is 11.9. The van der Waals surface area contributed by atoms with Crippen LogP contribution in [-0.2, 0) is 4.79 Å². The molecule has 1 aliphatic rings. The van der Waals surface area contributed by atoms with Gasteiger partial charge in [-0.25, -0.2) is 0 Å². The number of hydrogen-bond donors (Lipinski definition) is 1. The molecule has 0 saturated heterocycles. The van der Waals surface area contributed by atoms with E-state index in [0.717, 1.165) is 35.4 Å². The molecule has 3 heteroatoms. The first-order chi connectivity index (χ1) is 8.11. The van der Waals surface area contributed by atoms with Crippen LogP contribution in [0.2, 0.25) is 0 Å². The van der Waals surface area contributed by atoms with Crippen LogP contribution in [0, 0.1) is 19.8 Å². The van der Waals surface area contributed by atoms with E-state index in [1.165, 1.54) is 6.42 Å². The largest absolute Gasteiger partial charge is 0.496 e. The molecule has 0 bridgehead atoms. The molecule has 92 valence electrons. The smallest absolute Gasteiger partial charge is 0.227 e. The first-order valence-electron chi connectivity index (χ1n) is 6.08. The molecule has 0 aromatic heterocycles. The number of aryl methyl sites for hydroxylation is 2. The average Bonchev–Trinajstić information content (AvgIpc) is 2.20. The number of amides is 1. The van der Waals surface area contributed by atoms with Gasteiger partial charge >= 0.3 is 0 Å². The molecule has 0 unspecified atom stereocenters. The Morgan fingerprint density at radius 2 is 2.00 bits per heavy atom. The van der Waals surface area contributed by atoms with Gasteiger partial charge in [0.25, 0.3) is 0 Å². The van der Waals surface area contributed by atoms with E-state index in [9.17, 15) is 4.79 Å². The first-order valence-corrected chi connectivity index (χ1v) is 6.08. The normalized spacial score (nSPS) is 15.2. The highest BCUT2D eigenvalue weighted by Gasteiger charge is 2.25. The minimum Gasteiger partial charge on any atom is -0.496 e. The van der Waals surface area contributed by atoms with Crippen molar-refractivity contribution in [2.75, 3.05) is 12.4 Å². The molecule has 1 saturated carbocycles. The molecule has 0 radical (unpaired) electrons. The van der Waals surface area contributed by atoms with Crippen LogP contribution in [-0.4, -0.2) is 13.0 Å². The van der Waals surface area contributed by atoms with Crippen molar-refractivity contribution in [3.05, 3.63) is 23.3 Å². The summed E-state index contributed by atoms with van der Waals surface area (Å²) in [5.74, 6) is 1.24. The van der Waals surface area contributed by atoms with E-state index in [-0.39, 0.29) is 11.8 Å². The van der Waals surface area contributed by atoms with Crippen molar-refractivity contribution in [2.24, 2.45) is 5.92 Å². The Bertz CT molecular complexity index is 436. The van der Waals surface area contributed by atoms with E-state index in [2.05, 4.69) is 5.32 Å². The predicted octanol–water partition coefficient (Wildman–Crippen LogP) is 3.05. The molecule has 0 aliphatic heterocycles. The molecule has 0 spiro atoms. The summed E-state index contributed by atoms with van der Waals surface area (Å²) in [6.07, 6.45) is 3.23. The van der Waals surface area contributed by atoms with Crippen LogP contribution >= 0.6 is 0 Å². The Morgan fingerprint density at radius 3 is 2.53 bits per heavy atom. The van der Waals surface area contributed by atoms with Gasteiger partial charge in [0.1, 0.15) is 5.75 Å². The molecule has 1 amide bonds. The molecule has 1 aliphatic carbocycles. The Kier molecular flexibility index (Phi) is 3.36. The van der Waals surface area contributed by atoms with Crippen molar-refractivity contribution in [1.29, 1.82) is 0 Å². The minimum atomic E-state index is 0.156. The molecule has 3 nitrogen and oxygen atoms in total. The molecule has 17 heavy (non-hydrogen) atoms. The monoisotopic (exact) mass is 233 g/mol. The van der Waals surface area contributed by atoms with E-state index in [0.29, 0.717) is 0 Å². The summed E-state index contributed by atoms with van der Waals surface area (Å²) in [6, 6.07) is 3.94. The fourth-order valence-corrected chi connectivity index (χ4v) is 2.05. The number of nitrogens with one attached hydrogen (secondary N) is 1. The fraction of sp³-hybridized carbons (Fsp3) is 0.500. The number of carbonyl (C=O) groups excluding carboxylic acids is 1. The third kappa shape index (κ3) is 2.43. The van der Waals surface area contributed by atoms with Crippen molar-refractivity contribution in [3.8, 4) is 5.75 Å². The van der Waals surface area contributed by atoms with Gasteiger partial charge < -0.3 is 10.1 Å². The summed E-state index contributed by atoms with van der Waals surface area (Å²) in [6.45, 7) is 3.97. The SMILES string of the molecule is COc1cc(C)c(NC(=O)C2CCC2)cc1C. The van der Waals surface area contributed by atoms with Crippen LogP contribution in [0.3, 0.4) is 0 Å². The van der Waals surface area contributed by atoms with Gasteiger partial charge in [-0.1, -0.05) is 6.42 Å². The van der Waals surface area contributed by atoms with Crippen molar-refractivity contribution < 1.29 is 9.53 Å². The van der Waals surface area contributed by atoms with Crippen molar-refractivity contribution in [3.63, 3.8) is 0 Å². The zero-order valence-electron chi connectivity index (χ0n) is 10.7. The lowest BCUT2D eigenvalue weighted by atomic mass is 9.85. The molecule has 0 atom stereocenters. The summed E-state index contributed by atoms with van der Waals surface area (Å²) in [5, 5.41) is 3.01. The van der Waals surface area contributed by atoms with Gasteiger partial charge in [-0.05, 0) is 49.9 Å². The third-order valence-electron chi connectivity index (χ3n) is 3.48. The molecule has 1 N–H and O–H groups in total. The standard InChI is InChI=1S/C14H19NO2/c1-9-8-13(17-3)10(2)7-12(9)15-14(16)11-5-4-6-11/h7-8,11H,4-6H2,1-3H3,(H,15,16). The Hall–Kier alpha value is -1.51. The zero-order valence-corrected chi connectivity index (χ0v) is 10.7. The van der Waals surface area contributed by atoms with E-state index in [1.54, 1.807) is 7.11 Å². The number of benzene rings is 1. The summed E-state index contributed by atoms with van der Waals surface area (Å²) < 4.78 is 5.25. The molecule has 1 fully saturated rings. The second-order valence-corrected chi connectivity index (χ2v) is 4.75. The molecule has 1 aromatic carbocycles. The molecular weight excluding hydrogens is 214 g/mol. The van der Waals surface area contributed by atoms with Gasteiger partial charge in [0.05, 0.1) is 7.11 Å². The number of anilines is 1. The van der Waals surface area contributed by atoms with Crippen molar-refractivity contribution in [1.82, 2.24) is 0 Å².